The van der Waals surface area contributed by atoms with E-state index in [1.807, 2.05) is 6.07 Å². The van der Waals surface area contributed by atoms with Crippen LogP contribution in [0.1, 0.15) is 16.8 Å². The fourth-order valence-electron chi connectivity index (χ4n) is 1.52. The van der Waals surface area contributed by atoms with Crippen LogP contribution in [0.25, 0.3) is 0 Å². The van der Waals surface area contributed by atoms with E-state index in [1.54, 1.807) is 0 Å². The number of amides is 1. The highest BCUT2D eigenvalue weighted by Crippen LogP contribution is 2.15. The molecule has 0 fully saturated rings. The van der Waals surface area contributed by atoms with Crippen molar-refractivity contribution in [3.63, 3.8) is 0 Å². The molecular weight excluding hydrogens is 322 g/mol. The monoisotopic (exact) mass is 339 g/mol. The minimum atomic E-state index is -3.66. The number of hydrogen-bond donors (Lipinski definition) is 1. The maximum absolute atomic E-state index is 12.0. The van der Waals surface area contributed by atoms with Crippen molar-refractivity contribution in [1.82, 2.24) is 9.62 Å². The summed E-state index contributed by atoms with van der Waals surface area (Å²) >= 11 is 0. The number of nitriles is 1. The van der Waals surface area contributed by atoms with Gasteiger partial charge in [-0.15, -0.1) is 0 Å². The maximum Gasteiger partial charge on any atom is 0.338 e. The van der Waals surface area contributed by atoms with Gasteiger partial charge in [-0.05, 0) is 18.2 Å². The zero-order valence-electron chi connectivity index (χ0n) is 12.8. The molecule has 0 aliphatic heterocycles. The SMILES string of the molecule is CN(C)S(=O)(=O)c1cccc(C(=O)OCC(=O)NCCC#N)c1. The second-order valence-electron chi connectivity index (χ2n) is 4.65. The van der Waals surface area contributed by atoms with E-state index in [-0.39, 0.29) is 23.4 Å². The molecule has 0 saturated carbocycles. The van der Waals surface area contributed by atoms with Gasteiger partial charge in [0.05, 0.1) is 22.9 Å². The second kappa shape index (κ2) is 8.26. The van der Waals surface area contributed by atoms with Gasteiger partial charge >= 0.3 is 5.97 Å². The lowest BCUT2D eigenvalue weighted by Gasteiger charge is -2.12. The Morgan fingerprint density at radius 3 is 2.65 bits per heavy atom. The molecule has 1 aromatic rings. The lowest BCUT2D eigenvalue weighted by Crippen LogP contribution is -2.29. The van der Waals surface area contributed by atoms with E-state index in [0.29, 0.717) is 0 Å². The van der Waals surface area contributed by atoms with E-state index in [1.165, 1.54) is 38.4 Å². The molecule has 0 saturated heterocycles. The molecule has 8 nitrogen and oxygen atoms in total. The summed E-state index contributed by atoms with van der Waals surface area (Å²) in [5.74, 6) is -1.35. The third kappa shape index (κ3) is 5.36. The van der Waals surface area contributed by atoms with Gasteiger partial charge in [-0.2, -0.15) is 5.26 Å². The zero-order valence-corrected chi connectivity index (χ0v) is 13.6. The van der Waals surface area contributed by atoms with Crippen molar-refractivity contribution in [3.8, 4) is 6.07 Å². The van der Waals surface area contributed by atoms with Gasteiger partial charge in [0.15, 0.2) is 6.61 Å². The van der Waals surface area contributed by atoms with Crippen molar-refractivity contribution in [2.24, 2.45) is 0 Å². The molecule has 0 aromatic heterocycles. The fraction of sp³-hybridized carbons (Fsp3) is 0.357. The van der Waals surface area contributed by atoms with Gasteiger partial charge in [0.2, 0.25) is 10.0 Å². The van der Waals surface area contributed by atoms with Crippen molar-refractivity contribution in [2.75, 3.05) is 27.2 Å². The predicted octanol–water partition coefficient (Wildman–Crippen LogP) is 0.124. The van der Waals surface area contributed by atoms with E-state index in [2.05, 4.69) is 5.32 Å². The van der Waals surface area contributed by atoms with Gasteiger partial charge in [-0.1, -0.05) is 6.07 Å². The van der Waals surface area contributed by atoms with Crippen LogP contribution in [0.5, 0.6) is 0 Å². The Kier molecular flexibility index (Phi) is 6.68. The Morgan fingerprint density at radius 1 is 1.35 bits per heavy atom. The van der Waals surface area contributed by atoms with Crippen LogP contribution in [-0.4, -0.2) is 51.8 Å². The molecule has 0 spiro atoms. The Bertz CT molecular complexity index is 722. The van der Waals surface area contributed by atoms with Gasteiger partial charge in [-0.3, -0.25) is 4.79 Å². The summed E-state index contributed by atoms with van der Waals surface area (Å²) in [5.41, 5.74) is 0.0257. The van der Waals surface area contributed by atoms with Crippen molar-refractivity contribution < 1.29 is 22.7 Å². The minimum Gasteiger partial charge on any atom is -0.452 e. The van der Waals surface area contributed by atoms with Gasteiger partial charge < -0.3 is 10.1 Å². The second-order valence-corrected chi connectivity index (χ2v) is 6.80. The molecule has 9 heteroatoms. The molecule has 1 N–H and O–H groups in total. The van der Waals surface area contributed by atoms with Crippen molar-refractivity contribution >= 4 is 21.9 Å². The summed E-state index contributed by atoms with van der Waals surface area (Å²) in [7, 11) is -0.902. The third-order valence-corrected chi connectivity index (χ3v) is 4.55. The quantitative estimate of drug-likeness (QED) is 0.557. The average Bonchev–Trinajstić information content (AvgIpc) is 2.52. The molecule has 0 bridgehead atoms. The molecule has 124 valence electrons. The van der Waals surface area contributed by atoms with Crippen LogP contribution < -0.4 is 5.32 Å². The number of sulfonamides is 1. The first-order chi connectivity index (χ1) is 10.8. The van der Waals surface area contributed by atoms with Crippen molar-refractivity contribution in [2.45, 2.75) is 11.3 Å². The Labute approximate surface area is 134 Å². The Morgan fingerprint density at radius 2 is 2.04 bits per heavy atom. The highest BCUT2D eigenvalue weighted by Gasteiger charge is 2.19. The van der Waals surface area contributed by atoms with E-state index < -0.39 is 28.5 Å². The lowest BCUT2D eigenvalue weighted by molar-refractivity contribution is -0.124. The third-order valence-electron chi connectivity index (χ3n) is 2.74. The summed E-state index contributed by atoms with van der Waals surface area (Å²) < 4.78 is 29.8. The van der Waals surface area contributed by atoms with Crippen molar-refractivity contribution in [1.29, 1.82) is 5.26 Å². The molecule has 0 aliphatic carbocycles. The first-order valence-corrected chi connectivity index (χ1v) is 8.06. The van der Waals surface area contributed by atoms with E-state index in [4.69, 9.17) is 10.00 Å². The number of hydrogen-bond acceptors (Lipinski definition) is 6. The Hall–Kier alpha value is -2.44. The van der Waals surface area contributed by atoms with Gasteiger partial charge in [0.25, 0.3) is 5.91 Å². The van der Waals surface area contributed by atoms with E-state index in [0.717, 1.165) is 4.31 Å². The van der Waals surface area contributed by atoms with Gasteiger partial charge in [-0.25, -0.2) is 17.5 Å². The van der Waals surface area contributed by atoms with Crippen LogP contribution >= 0.6 is 0 Å². The molecule has 1 aromatic carbocycles. The van der Waals surface area contributed by atoms with Crippen LogP contribution in [-0.2, 0) is 19.6 Å². The molecule has 1 rings (SSSR count). The van der Waals surface area contributed by atoms with E-state index >= 15 is 0 Å². The van der Waals surface area contributed by atoms with Crippen LogP contribution in [0.2, 0.25) is 0 Å². The van der Waals surface area contributed by atoms with Crippen LogP contribution in [0.3, 0.4) is 0 Å². The first kappa shape index (κ1) is 18.6. The van der Waals surface area contributed by atoms with Crippen LogP contribution in [0.4, 0.5) is 0 Å². The number of carbonyl (C=O) groups is 2. The zero-order chi connectivity index (χ0) is 17.5. The summed E-state index contributed by atoms with van der Waals surface area (Å²) in [6.45, 7) is -0.335. The van der Waals surface area contributed by atoms with Crippen LogP contribution in [0.15, 0.2) is 29.2 Å². The number of carbonyl (C=O) groups excluding carboxylic acids is 2. The summed E-state index contributed by atoms with van der Waals surface area (Å²) in [6.07, 6.45) is 0.157. The topological polar surface area (TPSA) is 117 Å². The number of rotatable bonds is 7. The molecule has 0 unspecified atom stereocenters. The number of benzene rings is 1. The smallest absolute Gasteiger partial charge is 0.338 e. The molecule has 23 heavy (non-hydrogen) atoms. The van der Waals surface area contributed by atoms with Gasteiger partial charge in [0, 0.05) is 20.6 Å². The number of ether oxygens (including phenoxy) is 1. The molecule has 0 heterocycles. The normalized spacial score (nSPS) is 10.9. The summed E-state index contributed by atoms with van der Waals surface area (Å²) in [6, 6.07) is 7.22. The minimum absolute atomic E-state index is 0.0257. The molecular formula is C14H17N3O5S. The van der Waals surface area contributed by atoms with Crippen molar-refractivity contribution in [3.05, 3.63) is 29.8 Å². The summed E-state index contributed by atoms with van der Waals surface area (Å²) in [4.78, 5) is 23.2. The van der Waals surface area contributed by atoms with Gasteiger partial charge in [0.1, 0.15) is 0 Å². The lowest BCUT2D eigenvalue weighted by atomic mass is 10.2. The molecule has 0 aliphatic rings. The number of esters is 1. The average molecular weight is 339 g/mol. The largest absolute Gasteiger partial charge is 0.452 e. The Balaban J connectivity index is 2.72. The maximum atomic E-state index is 12.0. The fourth-order valence-corrected chi connectivity index (χ4v) is 2.47. The molecule has 0 atom stereocenters. The molecule has 1 amide bonds. The predicted molar refractivity (Wildman–Crippen MR) is 80.8 cm³/mol. The summed E-state index contributed by atoms with van der Waals surface area (Å²) in [5, 5.41) is 10.7. The van der Waals surface area contributed by atoms with E-state index in [9.17, 15) is 18.0 Å². The number of nitrogens with zero attached hydrogens (tertiary/aromatic N) is 2. The molecule has 0 radical (unpaired) electrons. The first-order valence-electron chi connectivity index (χ1n) is 6.62. The standard InChI is InChI=1S/C14H17N3O5S/c1-17(2)23(20,21)12-6-3-5-11(9-12)14(19)22-10-13(18)16-8-4-7-15/h3,5-6,9H,4,8,10H2,1-2H3,(H,16,18). The highest BCUT2D eigenvalue weighted by atomic mass is 32.2. The number of nitrogens with one attached hydrogen (secondary N) is 1. The van der Waals surface area contributed by atoms with Crippen LogP contribution in [0, 0.1) is 11.3 Å². The highest BCUT2D eigenvalue weighted by molar-refractivity contribution is 7.89.